The summed E-state index contributed by atoms with van der Waals surface area (Å²) < 4.78 is 6.79. The van der Waals surface area contributed by atoms with Crippen molar-refractivity contribution >= 4 is 16.9 Å². The van der Waals surface area contributed by atoms with E-state index in [2.05, 4.69) is 4.98 Å². The first-order chi connectivity index (χ1) is 11.5. The number of hydrogen-bond acceptors (Lipinski definition) is 4. The number of esters is 1. The number of carbonyl (C=O) groups excluding carboxylic acids is 1. The number of rotatable bonds is 4. The molecule has 0 N–H and O–H groups in total. The number of para-hydroxylation sites is 1. The van der Waals surface area contributed by atoms with E-state index in [9.17, 15) is 9.59 Å². The summed E-state index contributed by atoms with van der Waals surface area (Å²) in [7, 11) is 0. The van der Waals surface area contributed by atoms with Gasteiger partial charge in [-0.3, -0.25) is 14.2 Å². The zero-order chi connectivity index (χ0) is 17.1. The molecule has 0 spiro atoms. The van der Waals surface area contributed by atoms with Crippen molar-refractivity contribution in [1.29, 1.82) is 0 Å². The van der Waals surface area contributed by atoms with E-state index in [1.807, 2.05) is 38.1 Å². The lowest BCUT2D eigenvalue weighted by Crippen LogP contribution is -2.23. The van der Waals surface area contributed by atoms with Crippen LogP contribution < -0.4 is 10.3 Å². The molecule has 0 amide bonds. The lowest BCUT2D eigenvalue weighted by atomic mass is 10.1. The van der Waals surface area contributed by atoms with Gasteiger partial charge in [-0.1, -0.05) is 18.2 Å². The SMILES string of the molecule is Cc1cc(C)cc(OC(=O)CCn2cnc3ccccc3c2=O)c1. The Kier molecular flexibility index (Phi) is 4.42. The number of ether oxygens (including phenoxy) is 1. The zero-order valence-corrected chi connectivity index (χ0v) is 13.7. The van der Waals surface area contributed by atoms with Crippen molar-refractivity contribution in [2.75, 3.05) is 0 Å². The van der Waals surface area contributed by atoms with Crippen LogP contribution in [0, 0.1) is 13.8 Å². The van der Waals surface area contributed by atoms with Gasteiger partial charge in [0.25, 0.3) is 5.56 Å². The van der Waals surface area contributed by atoms with Gasteiger partial charge in [-0.2, -0.15) is 0 Å². The second-order valence-corrected chi connectivity index (χ2v) is 5.81. The van der Waals surface area contributed by atoms with Gasteiger partial charge in [0.1, 0.15) is 5.75 Å². The number of benzene rings is 2. The highest BCUT2D eigenvalue weighted by Crippen LogP contribution is 2.16. The normalized spacial score (nSPS) is 10.8. The molecule has 0 aliphatic rings. The minimum Gasteiger partial charge on any atom is -0.426 e. The predicted octanol–water partition coefficient (Wildman–Crippen LogP) is 3.01. The first-order valence-electron chi connectivity index (χ1n) is 7.76. The third kappa shape index (κ3) is 3.51. The van der Waals surface area contributed by atoms with Gasteiger partial charge in [0, 0.05) is 6.54 Å². The minimum absolute atomic E-state index is 0.104. The summed E-state index contributed by atoms with van der Waals surface area (Å²) >= 11 is 0. The fraction of sp³-hybridized carbons (Fsp3) is 0.211. The molecule has 1 aromatic heterocycles. The number of carbonyl (C=O) groups is 1. The minimum atomic E-state index is -0.375. The fourth-order valence-electron chi connectivity index (χ4n) is 2.65. The van der Waals surface area contributed by atoms with Crippen LogP contribution in [0.3, 0.4) is 0 Å². The highest BCUT2D eigenvalue weighted by molar-refractivity contribution is 5.77. The molecule has 2 aromatic carbocycles. The Morgan fingerprint density at radius 2 is 1.83 bits per heavy atom. The van der Waals surface area contributed by atoms with Crippen LogP contribution in [-0.2, 0) is 11.3 Å². The average molecular weight is 322 g/mol. The van der Waals surface area contributed by atoms with Gasteiger partial charge < -0.3 is 4.74 Å². The Morgan fingerprint density at radius 1 is 1.12 bits per heavy atom. The summed E-state index contributed by atoms with van der Waals surface area (Å²) in [6.07, 6.45) is 1.57. The average Bonchev–Trinajstić information content (AvgIpc) is 2.53. The number of aryl methyl sites for hydroxylation is 3. The van der Waals surface area contributed by atoms with E-state index in [1.165, 1.54) is 10.9 Å². The van der Waals surface area contributed by atoms with Crippen LogP contribution in [0.25, 0.3) is 10.9 Å². The highest BCUT2D eigenvalue weighted by atomic mass is 16.5. The maximum Gasteiger partial charge on any atom is 0.312 e. The summed E-state index contributed by atoms with van der Waals surface area (Å²) in [5.74, 6) is 0.154. The van der Waals surface area contributed by atoms with Gasteiger partial charge in [-0.05, 0) is 49.2 Å². The molecule has 0 aliphatic carbocycles. The summed E-state index contributed by atoms with van der Waals surface area (Å²) in [4.78, 5) is 28.6. The number of nitrogens with zero attached hydrogens (tertiary/aromatic N) is 2. The largest absolute Gasteiger partial charge is 0.426 e. The van der Waals surface area contributed by atoms with E-state index in [0.29, 0.717) is 16.7 Å². The first-order valence-corrected chi connectivity index (χ1v) is 7.76. The van der Waals surface area contributed by atoms with E-state index in [1.54, 1.807) is 18.2 Å². The first kappa shape index (κ1) is 15.9. The molecule has 0 fully saturated rings. The third-order valence-electron chi connectivity index (χ3n) is 3.72. The molecule has 3 aromatic rings. The molecule has 5 heteroatoms. The molecule has 1 heterocycles. The number of fused-ring (bicyclic) bond motifs is 1. The van der Waals surface area contributed by atoms with E-state index < -0.39 is 0 Å². The van der Waals surface area contributed by atoms with E-state index in [0.717, 1.165) is 11.1 Å². The number of hydrogen-bond donors (Lipinski definition) is 0. The van der Waals surface area contributed by atoms with Crippen LogP contribution in [0.15, 0.2) is 53.6 Å². The Labute approximate surface area is 139 Å². The lowest BCUT2D eigenvalue weighted by Gasteiger charge is -2.08. The maximum absolute atomic E-state index is 12.4. The summed E-state index contributed by atoms with van der Waals surface area (Å²) in [6, 6.07) is 12.8. The zero-order valence-electron chi connectivity index (χ0n) is 13.7. The molecule has 0 bridgehead atoms. The molecule has 5 nitrogen and oxygen atoms in total. The molecule has 24 heavy (non-hydrogen) atoms. The maximum atomic E-state index is 12.4. The second kappa shape index (κ2) is 6.66. The van der Waals surface area contributed by atoms with Crippen LogP contribution in [0.2, 0.25) is 0 Å². The Morgan fingerprint density at radius 3 is 2.58 bits per heavy atom. The lowest BCUT2D eigenvalue weighted by molar-refractivity contribution is -0.134. The quantitative estimate of drug-likeness (QED) is 0.547. The predicted molar refractivity (Wildman–Crippen MR) is 92.2 cm³/mol. The van der Waals surface area contributed by atoms with Gasteiger partial charge in [-0.15, -0.1) is 0 Å². The van der Waals surface area contributed by atoms with Gasteiger partial charge in [0.2, 0.25) is 0 Å². The van der Waals surface area contributed by atoms with E-state index in [4.69, 9.17) is 4.74 Å². The van der Waals surface area contributed by atoms with Gasteiger partial charge in [-0.25, -0.2) is 4.98 Å². The van der Waals surface area contributed by atoms with E-state index in [-0.39, 0.29) is 24.5 Å². The Hall–Kier alpha value is -2.95. The topological polar surface area (TPSA) is 61.2 Å². The van der Waals surface area contributed by atoms with Crippen molar-refractivity contribution < 1.29 is 9.53 Å². The summed E-state index contributed by atoms with van der Waals surface area (Å²) in [6.45, 7) is 4.13. The molecule has 3 rings (SSSR count). The Balaban J connectivity index is 1.70. The van der Waals surface area contributed by atoms with E-state index >= 15 is 0 Å². The molecular formula is C19H18N2O3. The highest BCUT2D eigenvalue weighted by Gasteiger charge is 2.09. The molecule has 0 radical (unpaired) electrons. The molecule has 0 unspecified atom stereocenters. The van der Waals surface area contributed by atoms with Gasteiger partial charge in [0.15, 0.2) is 0 Å². The van der Waals surface area contributed by atoms with Crippen molar-refractivity contribution in [3.05, 3.63) is 70.3 Å². The molecular weight excluding hydrogens is 304 g/mol. The molecule has 0 aliphatic heterocycles. The molecule has 0 saturated carbocycles. The second-order valence-electron chi connectivity index (χ2n) is 5.81. The van der Waals surface area contributed by atoms with Crippen LogP contribution >= 0.6 is 0 Å². The molecule has 122 valence electrons. The Bertz CT molecular complexity index is 940. The van der Waals surface area contributed by atoms with Crippen LogP contribution in [0.1, 0.15) is 17.5 Å². The fourth-order valence-corrected chi connectivity index (χ4v) is 2.65. The monoisotopic (exact) mass is 322 g/mol. The molecule has 0 atom stereocenters. The summed E-state index contributed by atoms with van der Waals surface area (Å²) in [5, 5.41) is 0.544. The van der Waals surface area contributed by atoms with Crippen molar-refractivity contribution in [3.8, 4) is 5.75 Å². The van der Waals surface area contributed by atoms with Crippen molar-refractivity contribution in [1.82, 2.24) is 9.55 Å². The van der Waals surface area contributed by atoms with Gasteiger partial charge in [0.05, 0.1) is 23.7 Å². The summed E-state index contributed by atoms with van der Waals surface area (Å²) in [5.41, 5.74) is 2.57. The van der Waals surface area contributed by atoms with Gasteiger partial charge >= 0.3 is 5.97 Å². The van der Waals surface area contributed by atoms with Crippen molar-refractivity contribution in [3.63, 3.8) is 0 Å². The molecule has 0 saturated heterocycles. The standard InChI is InChI=1S/C19H18N2O3/c1-13-9-14(2)11-15(10-13)24-18(22)7-8-21-12-20-17-6-4-3-5-16(17)19(21)23/h3-6,9-12H,7-8H2,1-2H3. The van der Waals surface area contributed by atoms with Crippen molar-refractivity contribution in [2.45, 2.75) is 26.8 Å². The third-order valence-corrected chi connectivity index (χ3v) is 3.72. The van der Waals surface area contributed by atoms with Crippen LogP contribution in [0.5, 0.6) is 5.75 Å². The van der Waals surface area contributed by atoms with Crippen LogP contribution in [-0.4, -0.2) is 15.5 Å². The smallest absolute Gasteiger partial charge is 0.312 e. The van der Waals surface area contributed by atoms with Crippen LogP contribution in [0.4, 0.5) is 0 Å². The number of aromatic nitrogens is 2. The van der Waals surface area contributed by atoms with Crippen molar-refractivity contribution in [2.24, 2.45) is 0 Å².